The fraction of sp³-hybridized carbons (Fsp3) is 0.222. The van der Waals surface area contributed by atoms with E-state index in [0.717, 1.165) is 10.5 Å². The lowest BCUT2D eigenvalue weighted by atomic mass is 9.91. The number of thiophene rings is 1. The Morgan fingerprint density at radius 2 is 2.11 bits per heavy atom. The highest BCUT2D eigenvalue weighted by Gasteiger charge is 2.49. The maximum atomic E-state index is 13.1. The van der Waals surface area contributed by atoms with Crippen LogP contribution in [-0.2, 0) is 16.9 Å². The van der Waals surface area contributed by atoms with Crippen molar-refractivity contribution in [2.75, 3.05) is 6.79 Å². The van der Waals surface area contributed by atoms with Crippen LogP contribution in [0.4, 0.5) is 4.79 Å². The highest BCUT2D eigenvalue weighted by atomic mass is 32.1. The van der Waals surface area contributed by atoms with Gasteiger partial charge in [0, 0.05) is 10.9 Å². The Morgan fingerprint density at radius 3 is 2.93 bits per heavy atom. The van der Waals surface area contributed by atoms with Crippen molar-refractivity contribution in [3.05, 3.63) is 46.5 Å². The largest absolute Gasteiger partial charge is 0.454 e. The smallest absolute Gasteiger partial charge is 0.325 e. The van der Waals surface area contributed by atoms with E-state index in [9.17, 15) is 9.59 Å². The van der Waals surface area contributed by atoms with Crippen molar-refractivity contribution in [2.45, 2.75) is 19.0 Å². The molecule has 0 spiro atoms. The van der Waals surface area contributed by atoms with Crippen LogP contribution in [0.1, 0.15) is 18.4 Å². The molecule has 5 rings (SSSR count). The van der Waals surface area contributed by atoms with Crippen molar-refractivity contribution in [1.82, 2.24) is 20.4 Å². The Balaban J connectivity index is 1.40. The quantitative estimate of drug-likeness (QED) is 0.673. The molecule has 0 aliphatic carbocycles. The number of urea groups is 1. The summed E-state index contributed by atoms with van der Waals surface area (Å²) in [4.78, 5) is 30.9. The summed E-state index contributed by atoms with van der Waals surface area (Å²) in [5.74, 6) is 1.33. The van der Waals surface area contributed by atoms with Crippen LogP contribution >= 0.6 is 11.3 Å². The van der Waals surface area contributed by atoms with E-state index in [1.807, 2.05) is 16.8 Å². The Labute approximate surface area is 162 Å². The molecule has 1 atom stereocenters. The normalized spacial score (nSPS) is 20.7. The van der Waals surface area contributed by atoms with Gasteiger partial charge in [-0.05, 0) is 36.1 Å². The minimum Gasteiger partial charge on any atom is -0.454 e. The van der Waals surface area contributed by atoms with E-state index in [-0.39, 0.29) is 19.2 Å². The molecular weight excluding hydrogens is 384 g/mol. The van der Waals surface area contributed by atoms with Crippen LogP contribution in [0.15, 0.2) is 39.5 Å². The van der Waals surface area contributed by atoms with Crippen molar-refractivity contribution in [2.24, 2.45) is 0 Å². The summed E-state index contributed by atoms with van der Waals surface area (Å²) in [6.45, 7) is 1.67. The molecule has 28 heavy (non-hydrogen) atoms. The molecule has 0 radical (unpaired) electrons. The third-order valence-electron chi connectivity index (χ3n) is 4.77. The highest BCUT2D eigenvalue weighted by Crippen LogP contribution is 2.38. The number of imide groups is 1. The summed E-state index contributed by atoms with van der Waals surface area (Å²) in [5.41, 5.74) is 0.193. The SMILES string of the molecule is C[C@]1(c2ccc3c(c2)OCO3)NC(=O)N(Cc2nc(-c3ccsc3)no2)C1=O. The third-order valence-corrected chi connectivity index (χ3v) is 5.45. The number of carbonyl (C=O) groups excluding carboxylic acids is 2. The van der Waals surface area contributed by atoms with E-state index < -0.39 is 17.5 Å². The molecule has 3 amide bonds. The number of rotatable bonds is 4. The van der Waals surface area contributed by atoms with Crippen molar-refractivity contribution in [3.8, 4) is 22.9 Å². The molecule has 1 saturated heterocycles. The van der Waals surface area contributed by atoms with E-state index in [1.165, 1.54) is 11.3 Å². The number of ether oxygens (including phenoxy) is 2. The summed E-state index contributed by atoms with van der Waals surface area (Å²) in [7, 11) is 0. The van der Waals surface area contributed by atoms with Gasteiger partial charge in [-0.15, -0.1) is 0 Å². The van der Waals surface area contributed by atoms with Gasteiger partial charge in [0.05, 0.1) is 0 Å². The van der Waals surface area contributed by atoms with Crippen LogP contribution in [-0.4, -0.2) is 33.8 Å². The molecule has 3 aromatic rings. The van der Waals surface area contributed by atoms with E-state index >= 15 is 0 Å². The predicted octanol–water partition coefficient (Wildman–Crippen LogP) is 2.49. The van der Waals surface area contributed by atoms with Gasteiger partial charge in [0.2, 0.25) is 18.5 Å². The molecule has 1 N–H and O–H groups in total. The molecule has 2 aromatic heterocycles. The first-order valence-corrected chi connectivity index (χ1v) is 9.38. The predicted molar refractivity (Wildman–Crippen MR) is 96.6 cm³/mol. The standard InChI is InChI=1S/C18H14N4O5S/c1-18(11-2-3-12-13(6-11)26-9-25-12)16(23)22(17(24)20-18)7-14-19-15(21-27-14)10-4-5-28-8-10/h2-6,8H,7,9H2,1H3,(H,20,24)/t18-/m1/s1. The van der Waals surface area contributed by atoms with Crippen LogP contribution in [0, 0.1) is 0 Å². The van der Waals surface area contributed by atoms with Gasteiger partial charge in [-0.3, -0.25) is 9.69 Å². The monoisotopic (exact) mass is 398 g/mol. The average Bonchev–Trinajstić information content (AvgIpc) is 3.47. The van der Waals surface area contributed by atoms with Crippen molar-refractivity contribution in [1.29, 1.82) is 0 Å². The number of aromatic nitrogens is 2. The first-order valence-electron chi connectivity index (χ1n) is 8.44. The highest BCUT2D eigenvalue weighted by molar-refractivity contribution is 7.08. The second-order valence-electron chi connectivity index (χ2n) is 6.54. The van der Waals surface area contributed by atoms with Gasteiger partial charge < -0.3 is 19.3 Å². The molecule has 142 valence electrons. The fourth-order valence-electron chi connectivity index (χ4n) is 3.21. The lowest BCUT2D eigenvalue weighted by molar-refractivity contribution is -0.131. The van der Waals surface area contributed by atoms with Gasteiger partial charge in [0.1, 0.15) is 12.1 Å². The van der Waals surface area contributed by atoms with E-state index in [0.29, 0.717) is 22.9 Å². The number of nitrogens with zero attached hydrogens (tertiary/aromatic N) is 3. The minimum atomic E-state index is -1.23. The molecule has 4 heterocycles. The number of nitrogens with one attached hydrogen (secondary N) is 1. The van der Waals surface area contributed by atoms with Crippen molar-refractivity contribution in [3.63, 3.8) is 0 Å². The van der Waals surface area contributed by atoms with Crippen LogP contribution in [0.2, 0.25) is 0 Å². The second kappa shape index (κ2) is 6.06. The van der Waals surface area contributed by atoms with Crippen LogP contribution < -0.4 is 14.8 Å². The molecule has 0 bridgehead atoms. The third kappa shape index (κ3) is 2.53. The summed E-state index contributed by atoms with van der Waals surface area (Å²) >= 11 is 1.51. The molecule has 10 heteroatoms. The lowest BCUT2D eigenvalue weighted by Gasteiger charge is -2.22. The summed E-state index contributed by atoms with van der Waals surface area (Å²) in [6, 6.07) is 6.49. The van der Waals surface area contributed by atoms with Crippen LogP contribution in [0.25, 0.3) is 11.4 Å². The summed E-state index contributed by atoms with van der Waals surface area (Å²) in [6.07, 6.45) is 0. The van der Waals surface area contributed by atoms with Crippen molar-refractivity contribution >= 4 is 23.3 Å². The van der Waals surface area contributed by atoms with E-state index in [4.69, 9.17) is 14.0 Å². The zero-order valence-corrected chi connectivity index (χ0v) is 15.5. The number of carbonyl (C=O) groups is 2. The van der Waals surface area contributed by atoms with Crippen molar-refractivity contribution < 1.29 is 23.6 Å². The molecule has 0 saturated carbocycles. The minimum absolute atomic E-state index is 0.109. The Bertz CT molecular complexity index is 1080. The molecule has 2 aliphatic rings. The second-order valence-corrected chi connectivity index (χ2v) is 7.32. The maximum absolute atomic E-state index is 13.1. The zero-order chi connectivity index (χ0) is 19.3. The van der Waals surface area contributed by atoms with E-state index in [2.05, 4.69) is 15.5 Å². The topological polar surface area (TPSA) is 107 Å². The molecule has 0 unspecified atom stereocenters. The Morgan fingerprint density at radius 1 is 1.25 bits per heavy atom. The van der Waals surface area contributed by atoms with Crippen LogP contribution in [0.5, 0.6) is 11.5 Å². The molecule has 9 nitrogen and oxygen atoms in total. The molecule has 1 aromatic carbocycles. The van der Waals surface area contributed by atoms with Gasteiger partial charge in [0.15, 0.2) is 11.5 Å². The van der Waals surface area contributed by atoms with E-state index in [1.54, 1.807) is 25.1 Å². The molecule has 2 aliphatic heterocycles. The molecule has 1 fully saturated rings. The summed E-state index contributed by atoms with van der Waals surface area (Å²) in [5, 5.41) is 10.4. The fourth-order valence-corrected chi connectivity index (χ4v) is 3.84. The number of hydrogen-bond donors (Lipinski definition) is 1. The summed E-state index contributed by atoms with van der Waals surface area (Å²) < 4.78 is 15.9. The van der Waals surface area contributed by atoms with Gasteiger partial charge >= 0.3 is 6.03 Å². The number of amides is 3. The average molecular weight is 398 g/mol. The van der Waals surface area contributed by atoms with Gasteiger partial charge in [-0.2, -0.15) is 16.3 Å². The van der Waals surface area contributed by atoms with Gasteiger partial charge in [0.25, 0.3) is 5.91 Å². The maximum Gasteiger partial charge on any atom is 0.325 e. The Hall–Kier alpha value is -3.40. The number of hydrogen-bond acceptors (Lipinski definition) is 8. The van der Waals surface area contributed by atoms with Crippen LogP contribution in [0.3, 0.4) is 0 Å². The molecular formula is C18H14N4O5S. The Kier molecular flexibility index (Phi) is 3.63. The lowest BCUT2D eigenvalue weighted by Crippen LogP contribution is -2.40. The first-order chi connectivity index (χ1) is 13.5. The number of fused-ring (bicyclic) bond motifs is 1. The van der Waals surface area contributed by atoms with Gasteiger partial charge in [-0.1, -0.05) is 11.2 Å². The first kappa shape index (κ1) is 16.8. The zero-order valence-electron chi connectivity index (χ0n) is 14.7. The van der Waals surface area contributed by atoms with Gasteiger partial charge in [-0.25, -0.2) is 4.79 Å². The number of benzene rings is 1.